The second-order valence-corrected chi connectivity index (χ2v) is 6.80. The fraction of sp³-hybridized carbons (Fsp3) is 0.312. The van der Waals surface area contributed by atoms with E-state index in [1.807, 2.05) is 4.57 Å². The van der Waals surface area contributed by atoms with Crippen LogP contribution in [0.2, 0.25) is 0 Å². The lowest BCUT2D eigenvalue weighted by molar-refractivity contribution is 0.515. The van der Waals surface area contributed by atoms with Gasteiger partial charge in [-0.3, -0.25) is 0 Å². The van der Waals surface area contributed by atoms with E-state index in [1.54, 1.807) is 12.1 Å². The monoisotopic (exact) mass is 351 g/mol. The number of anilines is 1. The molecule has 0 fully saturated rings. The van der Waals surface area contributed by atoms with Crippen LogP contribution in [0, 0.1) is 5.82 Å². The molecular formula is C16H19BrFN3. The van der Waals surface area contributed by atoms with Gasteiger partial charge in [0, 0.05) is 22.0 Å². The summed E-state index contributed by atoms with van der Waals surface area (Å²) in [6, 6.07) is 4.50. The fourth-order valence-corrected chi connectivity index (χ4v) is 2.77. The Bertz CT molecular complexity index is 684. The number of allylic oxidation sites excluding steroid dienone is 1. The largest absolute Gasteiger partial charge is 0.383 e. The summed E-state index contributed by atoms with van der Waals surface area (Å²) < 4.78 is 15.8. The van der Waals surface area contributed by atoms with E-state index >= 15 is 0 Å². The zero-order valence-electron chi connectivity index (χ0n) is 12.5. The van der Waals surface area contributed by atoms with Crippen molar-refractivity contribution in [2.45, 2.75) is 32.7 Å². The maximum atomic E-state index is 13.3. The van der Waals surface area contributed by atoms with Crippen molar-refractivity contribution in [2.75, 3.05) is 5.73 Å². The van der Waals surface area contributed by atoms with E-state index in [2.05, 4.69) is 43.3 Å². The molecule has 0 saturated carbocycles. The molecule has 0 aliphatic heterocycles. The molecular weight excluding hydrogens is 333 g/mol. The van der Waals surface area contributed by atoms with Gasteiger partial charge in [-0.25, -0.2) is 9.37 Å². The maximum absolute atomic E-state index is 13.3. The van der Waals surface area contributed by atoms with E-state index in [0.717, 1.165) is 11.4 Å². The van der Waals surface area contributed by atoms with Crippen molar-refractivity contribution in [3.8, 4) is 11.3 Å². The van der Waals surface area contributed by atoms with Gasteiger partial charge in [0.05, 0.1) is 0 Å². The van der Waals surface area contributed by atoms with Gasteiger partial charge in [0.15, 0.2) is 0 Å². The molecule has 1 aromatic heterocycles. The Morgan fingerprint density at radius 1 is 1.43 bits per heavy atom. The zero-order chi connectivity index (χ0) is 15.8. The molecule has 2 N–H and O–H groups in total. The molecule has 0 bridgehead atoms. The number of nitrogens with zero attached hydrogens (tertiary/aromatic N) is 2. The summed E-state index contributed by atoms with van der Waals surface area (Å²) in [5, 5.41) is 0. The molecule has 0 spiro atoms. The van der Waals surface area contributed by atoms with Gasteiger partial charge in [-0.1, -0.05) is 26.8 Å². The molecule has 5 heteroatoms. The van der Waals surface area contributed by atoms with Crippen LogP contribution in [0.15, 0.2) is 35.3 Å². The van der Waals surface area contributed by atoms with Gasteiger partial charge in [0.1, 0.15) is 23.2 Å². The van der Waals surface area contributed by atoms with Gasteiger partial charge in [-0.15, -0.1) is 6.58 Å². The number of hydrogen-bond acceptors (Lipinski definition) is 2. The minimum absolute atomic E-state index is 0.151. The number of nitrogen functional groups attached to an aromatic ring is 1. The van der Waals surface area contributed by atoms with Crippen LogP contribution in [-0.2, 0) is 12.0 Å². The normalized spacial score (nSPS) is 11.7. The highest BCUT2D eigenvalue weighted by atomic mass is 79.9. The summed E-state index contributed by atoms with van der Waals surface area (Å²) in [5.41, 5.74) is 7.55. The lowest BCUT2D eigenvalue weighted by Gasteiger charge is -2.19. The van der Waals surface area contributed by atoms with Crippen LogP contribution in [0.25, 0.3) is 11.3 Å². The molecule has 21 heavy (non-hydrogen) atoms. The summed E-state index contributed by atoms with van der Waals surface area (Å²) >= 11 is 3.38. The van der Waals surface area contributed by atoms with Gasteiger partial charge < -0.3 is 10.3 Å². The second-order valence-electron chi connectivity index (χ2n) is 5.94. The number of hydrogen-bond donors (Lipinski definition) is 1. The van der Waals surface area contributed by atoms with Gasteiger partial charge >= 0.3 is 0 Å². The molecule has 0 aliphatic rings. The SMILES string of the molecule is C=CCn1c(C(C)(C)C)nc(-c2ccc(F)cc2Br)c1N. The minimum atomic E-state index is -0.300. The van der Waals surface area contributed by atoms with Crippen LogP contribution in [0.3, 0.4) is 0 Å². The quantitative estimate of drug-likeness (QED) is 0.826. The highest BCUT2D eigenvalue weighted by Gasteiger charge is 2.25. The molecule has 0 atom stereocenters. The Morgan fingerprint density at radius 2 is 2.10 bits per heavy atom. The van der Waals surface area contributed by atoms with Crippen molar-refractivity contribution in [2.24, 2.45) is 0 Å². The predicted molar refractivity (Wildman–Crippen MR) is 88.6 cm³/mol. The summed E-state index contributed by atoms with van der Waals surface area (Å²) in [6.07, 6.45) is 1.79. The fourth-order valence-electron chi connectivity index (χ4n) is 2.23. The van der Waals surface area contributed by atoms with E-state index in [1.165, 1.54) is 12.1 Å². The highest BCUT2D eigenvalue weighted by molar-refractivity contribution is 9.10. The van der Waals surface area contributed by atoms with Crippen molar-refractivity contribution < 1.29 is 4.39 Å². The maximum Gasteiger partial charge on any atom is 0.132 e. The minimum Gasteiger partial charge on any atom is -0.383 e. The first-order chi connectivity index (χ1) is 9.75. The van der Waals surface area contributed by atoms with Gasteiger partial charge in [0.2, 0.25) is 0 Å². The molecule has 1 aromatic carbocycles. The third-order valence-electron chi connectivity index (χ3n) is 3.18. The Balaban J connectivity index is 2.67. The van der Waals surface area contributed by atoms with Crippen LogP contribution in [0.1, 0.15) is 26.6 Å². The lowest BCUT2D eigenvalue weighted by atomic mass is 9.95. The molecule has 0 aliphatic carbocycles. The molecule has 0 radical (unpaired) electrons. The van der Waals surface area contributed by atoms with Crippen molar-refractivity contribution >= 4 is 21.7 Å². The molecule has 2 aromatic rings. The number of rotatable bonds is 3. The van der Waals surface area contributed by atoms with Gasteiger partial charge in [-0.05, 0) is 34.1 Å². The average molecular weight is 352 g/mol. The average Bonchev–Trinajstić information content (AvgIpc) is 2.68. The van der Waals surface area contributed by atoms with Crippen molar-refractivity contribution in [1.29, 1.82) is 0 Å². The first-order valence-corrected chi connectivity index (χ1v) is 7.47. The first-order valence-electron chi connectivity index (χ1n) is 6.68. The molecule has 3 nitrogen and oxygen atoms in total. The topological polar surface area (TPSA) is 43.8 Å². The summed E-state index contributed by atoms with van der Waals surface area (Å²) in [7, 11) is 0. The van der Waals surface area contributed by atoms with E-state index in [9.17, 15) is 4.39 Å². The number of halogens is 2. The Hall–Kier alpha value is -1.62. The number of nitrogens with two attached hydrogens (primary N) is 1. The van der Waals surface area contributed by atoms with Gasteiger partial charge in [0.25, 0.3) is 0 Å². The van der Waals surface area contributed by atoms with E-state index in [0.29, 0.717) is 22.5 Å². The first kappa shape index (κ1) is 15.8. The molecule has 0 saturated heterocycles. The van der Waals surface area contributed by atoms with Crippen LogP contribution >= 0.6 is 15.9 Å². The summed E-state index contributed by atoms with van der Waals surface area (Å²) in [4.78, 5) is 4.70. The number of benzene rings is 1. The number of imidazole rings is 1. The molecule has 0 amide bonds. The lowest BCUT2D eigenvalue weighted by Crippen LogP contribution is -2.19. The smallest absolute Gasteiger partial charge is 0.132 e. The zero-order valence-corrected chi connectivity index (χ0v) is 14.0. The molecule has 2 rings (SSSR count). The van der Waals surface area contributed by atoms with Crippen molar-refractivity contribution in [3.63, 3.8) is 0 Å². The highest BCUT2D eigenvalue weighted by Crippen LogP contribution is 2.35. The van der Waals surface area contributed by atoms with Crippen LogP contribution in [-0.4, -0.2) is 9.55 Å². The summed E-state index contributed by atoms with van der Waals surface area (Å²) in [6.45, 7) is 10.6. The molecule has 1 heterocycles. The van der Waals surface area contributed by atoms with E-state index < -0.39 is 0 Å². The Kier molecular flexibility index (Phi) is 4.23. The van der Waals surface area contributed by atoms with E-state index in [4.69, 9.17) is 10.7 Å². The molecule has 0 unspecified atom stereocenters. The van der Waals surface area contributed by atoms with Crippen molar-refractivity contribution in [1.82, 2.24) is 9.55 Å². The van der Waals surface area contributed by atoms with E-state index in [-0.39, 0.29) is 11.2 Å². The third kappa shape index (κ3) is 3.02. The standard InChI is InChI=1S/C16H19BrFN3/c1-5-8-21-14(19)13(20-15(21)16(2,3)4)11-7-6-10(18)9-12(11)17/h5-7,9H,1,8,19H2,2-4H3. The van der Waals surface area contributed by atoms with Crippen LogP contribution < -0.4 is 5.73 Å². The third-order valence-corrected chi connectivity index (χ3v) is 3.83. The summed E-state index contributed by atoms with van der Waals surface area (Å²) in [5.74, 6) is 1.14. The van der Waals surface area contributed by atoms with Gasteiger partial charge in [-0.2, -0.15) is 0 Å². The predicted octanol–water partition coefficient (Wildman–Crippen LogP) is 4.52. The van der Waals surface area contributed by atoms with Crippen LogP contribution in [0.5, 0.6) is 0 Å². The Labute approximate surface area is 132 Å². The Morgan fingerprint density at radius 3 is 2.62 bits per heavy atom. The van der Waals surface area contributed by atoms with Crippen LogP contribution in [0.4, 0.5) is 10.2 Å². The second kappa shape index (κ2) is 5.64. The molecule has 112 valence electrons. The van der Waals surface area contributed by atoms with Crippen molar-refractivity contribution in [3.05, 3.63) is 47.0 Å². The number of aromatic nitrogens is 2.